The van der Waals surface area contributed by atoms with Crippen LogP contribution in [0.4, 0.5) is 0 Å². The summed E-state index contributed by atoms with van der Waals surface area (Å²) in [6.07, 6.45) is 1.72. The molecule has 3 rings (SSSR count). The van der Waals surface area contributed by atoms with Crippen molar-refractivity contribution in [2.24, 2.45) is 5.92 Å². The number of hydrogen-bond acceptors (Lipinski definition) is 5. The second kappa shape index (κ2) is 5.29. The standard InChI is InChI=1S/C14H20N2O5/c1-21-14(20)11-5-10(17)7-16(11)13(19)8-4-12(18)15(6-8)9-2-3-9/h8-11,17H,2-7H2,1H3. The van der Waals surface area contributed by atoms with E-state index in [1.165, 1.54) is 12.0 Å². The highest BCUT2D eigenvalue weighted by Gasteiger charge is 2.47. The molecule has 1 aliphatic carbocycles. The number of esters is 1. The van der Waals surface area contributed by atoms with Crippen molar-refractivity contribution in [2.75, 3.05) is 20.2 Å². The van der Waals surface area contributed by atoms with E-state index in [2.05, 4.69) is 0 Å². The van der Waals surface area contributed by atoms with Crippen LogP contribution in [0.3, 0.4) is 0 Å². The molecule has 7 nitrogen and oxygen atoms in total. The summed E-state index contributed by atoms with van der Waals surface area (Å²) in [6.45, 7) is 0.565. The van der Waals surface area contributed by atoms with E-state index in [0.717, 1.165) is 12.8 Å². The van der Waals surface area contributed by atoms with Gasteiger partial charge in [0.25, 0.3) is 0 Å². The molecule has 0 spiro atoms. The van der Waals surface area contributed by atoms with Crippen LogP contribution in [-0.4, -0.2) is 71.1 Å². The largest absolute Gasteiger partial charge is 0.467 e. The summed E-state index contributed by atoms with van der Waals surface area (Å²) in [5, 5.41) is 9.73. The lowest BCUT2D eigenvalue weighted by Gasteiger charge is -2.25. The molecule has 2 saturated heterocycles. The van der Waals surface area contributed by atoms with E-state index in [1.807, 2.05) is 0 Å². The van der Waals surface area contributed by atoms with E-state index < -0.39 is 24.0 Å². The van der Waals surface area contributed by atoms with Crippen molar-refractivity contribution in [3.63, 3.8) is 0 Å². The van der Waals surface area contributed by atoms with Crippen LogP contribution < -0.4 is 0 Å². The summed E-state index contributed by atoms with van der Waals surface area (Å²) >= 11 is 0. The van der Waals surface area contributed by atoms with Crippen LogP contribution in [-0.2, 0) is 19.1 Å². The maximum Gasteiger partial charge on any atom is 0.328 e. The molecule has 0 radical (unpaired) electrons. The minimum Gasteiger partial charge on any atom is -0.467 e. The number of nitrogens with zero attached hydrogens (tertiary/aromatic N) is 2. The first-order chi connectivity index (χ1) is 10.0. The number of amides is 2. The Labute approximate surface area is 122 Å². The lowest BCUT2D eigenvalue weighted by atomic mass is 10.1. The number of aliphatic hydroxyl groups excluding tert-OH is 1. The van der Waals surface area contributed by atoms with Crippen molar-refractivity contribution in [3.05, 3.63) is 0 Å². The van der Waals surface area contributed by atoms with Crippen LogP contribution >= 0.6 is 0 Å². The fraction of sp³-hybridized carbons (Fsp3) is 0.786. The van der Waals surface area contributed by atoms with Crippen molar-refractivity contribution in [3.8, 4) is 0 Å². The first kappa shape index (κ1) is 14.3. The van der Waals surface area contributed by atoms with E-state index in [4.69, 9.17) is 4.74 Å². The number of carbonyl (C=O) groups excluding carboxylic acids is 3. The predicted octanol–water partition coefficient (Wildman–Crippen LogP) is -0.868. The molecule has 7 heteroatoms. The number of carbonyl (C=O) groups is 3. The lowest BCUT2D eigenvalue weighted by molar-refractivity contribution is -0.152. The van der Waals surface area contributed by atoms with Crippen LogP contribution in [0.25, 0.3) is 0 Å². The van der Waals surface area contributed by atoms with Crippen LogP contribution in [0, 0.1) is 5.92 Å². The third-order valence-electron chi connectivity index (χ3n) is 4.53. The number of hydrogen-bond donors (Lipinski definition) is 1. The number of aliphatic hydroxyl groups is 1. The molecular weight excluding hydrogens is 276 g/mol. The Bertz CT molecular complexity index is 476. The fourth-order valence-corrected chi connectivity index (χ4v) is 3.29. The highest BCUT2D eigenvalue weighted by atomic mass is 16.5. The van der Waals surface area contributed by atoms with Gasteiger partial charge in [0.2, 0.25) is 11.8 Å². The highest BCUT2D eigenvalue weighted by Crippen LogP contribution is 2.34. The summed E-state index contributed by atoms with van der Waals surface area (Å²) in [7, 11) is 1.27. The first-order valence-corrected chi connectivity index (χ1v) is 7.37. The molecule has 3 unspecified atom stereocenters. The number of likely N-dealkylation sites (tertiary alicyclic amines) is 2. The molecule has 3 fully saturated rings. The minimum absolute atomic E-state index is 0.0187. The molecule has 0 bridgehead atoms. The van der Waals surface area contributed by atoms with Gasteiger partial charge in [-0.25, -0.2) is 4.79 Å². The molecule has 3 aliphatic rings. The van der Waals surface area contributed by atoms with Crippen LogP contribution in [0.1, 0.15) is 25.7 Å². The Hall–Kier alpha value is -1.63. The van der Waals surface area contributed by atoms with Gasteiger partial charge in [-0.3, -0.25) is 9.59 Å². The van der Waals surface area contributed by atoms with Crippen LogP contribution in [0.5, 0.6) is 0 Å². The smallest absolute Gasteiger partial charge is 0.328 e. The molecule has 116 valence electrons. The summed E-state index contributed by atoms with van der Waals surface area (Å²) < 4.78 is 4.69. The monoisotopic (exact) mass is 296 g/mol. The molecule has 21 heavy (non-hydrogen) atoms. The number of rotatable bonds is 3. The zero-order valence-electron chi connectivity index (χ0n) is 12.0. The number of methoxy groups -OCH3 is 1. The molecule has 1 N–H and O–H groups in total. The van der Waals surface area contributed by atoms with E-state index in [9.17, 15) is 19.5 Å². The maximum absolute atomic E-state index is 12.6. The normalized spacial score (nSPS) is 32.7. The van der Waals surface area contributed by atoms with E-state index in [-0.39, 0.29) is 31.2 Å². The van der Waals surface area contributed by atoms with Gasteiger partial charge in [0.05, 0.1) is 19.1 Å². The van der Waals surface area contributed by atoms with E-state index >= 15 is 0 Å². The summed E-state index contributed by atoms with van der Waals surface area (Å²) in [5.74, 6) is -1.12. The van der Waals surface area contributed by atoms with Gasteiger partial charge in [-0.15, -0.1) is 0 Å². The van der Waals surface area contributed by atoms with E-state index in [1.54, 1.807) is 4.90 Å². The van der Waals surface area contributed by atoms with E-state index in [0.29, 0.717) is 12.6 Å². The average Bonchev–Trinajstić information content (AvgIpc) is 3.12. The molecule has 0 aromatic heterocycles. The van der Waals surface area contributed by atoms with Gasteiger partial charge in [-0.05, 0) is 12.8 Å². The van der Waals surface area contributed by atoms with Crippen LogP contribution in [0.15, 0.2) is 0 Å². The molecule has 2 aliphatic heterocycles. The Kier molecular flexibility index (Phi) is 3.61. The van der Waals surface area contributed by atoms with Gasteiger partial charge in [-0.1, -0.05) is 0 Å². The zero-order valence-corrected chi connectivity index (χ0v) is 12.0. The average molecular weight is 296 g/mol. The second-order valence-corrected chi connectivity index (χ2v) is 6.10. The molecule has 2 heterocycles. The summed E-state index contributed by atoms with van der Waals surface area (Å²) in [5.41, 5.74) is 0. The van der Waals surface area contributed by atoms with Crippen molar-refractivity contribution in [2.45, 2.75) is 43.9 Å². The van der Waals surface area contributed by atoms with Gasteiger partial charge in [-0.2, -0.15) is 0 Å². The van der Waals surface area contributed by atoms with Gasteiger partial charge in [0.1, 0.15) is 6.04 Å². The quantitative estimate of drug-likeness (QED) is 0.684. The first-order valence-electron chi connectivity index (χ1n) is 7.37. The van der Waals surface area contributed by atoms with Crippen molar-refractivity contribution >= 4 is 17.8 Å². The summed E-state index contributed by atoms with van der Waals surface area (Å²) in [6, 6.07) is -0.432. The topological polar surface area (TPSA) is 87.1 Å². The van der Waals surface area contributed by atoms with Gasteiger partial charge in [0, 0.05) is 32.0 Å². The Morgan fingerprint density at radius 2 is 2.00 bits per heavy atom. The van der Waals surface area contributed by atoms with Gasteiger partial charge in [0.15, 0.2) is 0 Å². The third-order valence-corrected chi connectivity index (χ3v) is 4.53. The Balaban J connectivity index is 1.69. The van der Waals surface area contributed by atoms with Crippen molar-refractivity contribution in [1.29, 1.82) is 0 Å². The Morgan fingerprint density at radius 3 is 2.62 bits per heavy atom. The van der Waals surface area contributed by atoms with Crippen molar-refractivity contribution < 1.29 is 24.2 Å². The van der Waals surface area contributed by atoms with Gasteiger partial charge >= 0.3 is 5.97 Å². The molecule has 2 amide bonds. The molecule has 3 atom stereocenters. The summed E-state index contributed by atoms with van der Waals surface area (Å²) in [4.78, 5) is 39.4. The van der Waals surface area contributed by atoms with Crippen LogP contribution in [0.2, 0.25) is 0 Å². The highest BCUT2D eigenvalue weighted by molar-refractivity contribution is 5.92. The predicted molar refractivity (Wildman–Crippen MR) is 71.0 cm³/mol. The Morgan fingerprint density at radius 1 is 1.29 bits per heavy atom. The minimum atomic E-state index is -0.734. The molecule has 1 saturated carbocycles. The zero-order chi connectivity index (χ0) is 15.1. The molecule has 0 aromatic rings. The fourth-order valence-electron chi connectivity index (χ4n) is 3.29. The third kappa shape index (κ3) is 2.62. The number of β-amino-alcohol motifs (C(OH)–C–C–N with tert-alkyl or cyclic N) is 1. The molecular formula is C14H20N2O5. The maximum atomic E-state index is 12.6. The SMILES string of the molecule is COC(=O)C1CC(O)CN1C(=O)C1CC(=O)N(C2CC2)C1. The second-order valence-electron chi connectivity index (χ2n) is 6.10. The molecule has 0 aromatic carbocycles. The lowest BCUT2D eigenvalue weighted by Crippen LogP contribution is -2.44. The van der Waals surface area contributed by atoms with Crippen molar-refractivity contribution in [1.82, 2.24) is 9.80 Å². The van der Waals surface area contributed by atoms with Gasteiger partial charge < -0.3 is 19.6 Å². The number of ether oxygens (including phenoxy) is 1.